The molecule has 14 nitrogen and oxygen atoms in total. The summed E-state index contributed by atoms with van der Waals surface area (Å²) < 4.78 is 41.1. The zero-order valence-electron chi connectivity index (χ0n) is 33.5. The number of benzene rings is 4. The van der Waals surface area contributed by atoms with Crippen molar-refractivity contribution in [2.24, 2.45) is 5.92 Å². The fraction of sp³-hybridized carbons (Fsp3) is 0.289. The molecule has 60 heavy (non-hydrogen) atoms. The number of carbonyl (C=O) groups excluding carboxylic acids is 1. The molecule has 0 spiro atoms. The van der Waals surface area contributed by atoms with E-state index in [0.29, 0.717) is 31.2 Å². The molecule has 2 aromatic heterocycles. The predicted octanol–water partition coefficient (Wildman–Crippen LogP) is 8.29. The minimum absolute atomic E-state index is 0.0614. The molecule has 1 amide bonds. The van der Waals surface area contributed by atoms with E-state index < -0.39 is 31.4 Å². The van der Waals surface area contributed by atoms with Gasteiger partial charge in [0.2, 0.25) is 0 Å². The smallest absolute Gasteiger partial charge is 0.293 e. The summed E-state index contributed by atoms with van der Waals surface area (Å²) in [5, 5.41) is 15.9. The second-order valence-corrected chi connectivity index (χ2v) is 17.2. The normalized spacial score (nSPS) is 16.0. The number of aromatic amines is 1. The molecule has 1 atom stereocenters. The lowest BCUT2D eigenvalue weighted by Gasteiger charge is -2.29. The highest BCUT2D eigenvalue weighted by atomic mass is 32.2. The fourth-order valence-electron chi connectivity index (χ4n) is 8.08. The van der Waals surface area contributed by atoms with Gasteiger partial charge in [-0.05, 0) is 116 Å². The third-order valence-corrected chi connectivity index (χ3v) is 12.5. The average Bonchev–Trinajstić information content (AvgIpc) is 3.93. The molecule has 15 heteroatoms. The Bertz CT molecular complexity index is 2630. The van der Waals surface area contributed by atoms with Crippen molar-refractivity contribution in [2.45, 2.75) is 43.2 Å². The molecular formula is C45H47N7O7S. The third-order valence-electron chi connectivity index (χ3n) is 11.1. The van der Waals surface area contributed by atoms with Crippen LogP contribution in [-0.2, 0) is 21.3 Å². The van der Waals surface area contributed by atoms with Crippen LogP contribution in [0.25, 0.3) is 22.2 Å². The second kappa shape index (κ2) is 17.5. The number of hydrogen-bond acceptors (Lipinski definition) is 11. The first kappa shape index (κ1) is 40.5. The standard InChI is InChI=1S/C45H47N7O7S/c1-50(2)29-34-6-3-4-7-38(34)41-8-5-21-51(41)35-12-9-31(10-13-35)32-11-15-39(43(25-32)59-36-24-33-17-20-46-44(33)48-28-36)45(53)49-60(56,57)37-14-16-40(42(26-37)52(54)55)47-27-30-18-22-58-23-19-30/h3-4,6-7,9-17,20,24-26,28,30,41,47H,5,8,18-19,21-23,27,29H2,1-2H3,(H,46,48)(H,49,53)/t41-/m1/s1. The summed E-state index contributed by atoms with van der Waals surface area (Å²) in [6, 6.07) is 29.2. The van der Waals surface area contributed by atoms with E-state index in [0.717, 1.165) is 67.0 Å². The van der Waals surface area contributed by atoms with Crippen molar-refractivity contribution in [1.29, 1.82) is 0 Å². The maximum Gasteiger partial charge on any atom is 0.293 e. The fourth-order valence-corrected chi connectivity index (χ4v) is 9.07. The summed E-state index contributed by atoms with van der Waals surface area (Å²) in [6.45, 7) is 3.53. The van der Waals surface area contributed by atoms with Gasteiger partial charge in [-0.1, -0.05) is 42.5 Å². The number of anilines is 2. The van der Waals surface area contributed by atoms with Gasteiger partial charge in [-0.2, -0.15) is 0 Å². The molecule has 6 aromatic rings. The topological polar surface area (TPSA) is 172 Å². The summed E-state index contributed by atoms with van der Waals surface area (Å²) in [5.41, 5.74) is 5.73. The molecule has 4 aromatic carbocycles. The first-order valence-corrected chi connectivity index (χ1v) is 21.5. The summed E-state index contributed by atoms with van der Waals surface area (Å²) in [5.74, 6) is -0.271. The third kappa shape index (κ3) is 8.98. The SMILES string of the molecule is CN(C)Cc1ccccc1[C@H]1CCCN1c1ccc(-c2ccc(C(=O)NS(=O)(=O)c3ccc(NCC4CCOCC4)c([N+](=O)[O-])c3)c(Oc3cnc4[nH]ccc4c3)c2)cc1. The van der Waals surface area contributed by atoms with Crippen LogP contribution in [0.1, 0.15) is 53.2 Å². The van der Waals surface area contributed by atoms with E-state index in [4.69, 9.17) is 9.47 Å². The van der Waals surface area contributed by atoms with Gasteiger partial charge in [0.25, 0.3) is 21.6 Å². The molecule has 3 N–H and O–H groups in total. The minimum atomic E-state index is -4.56. The zero-order chi connectivity index (χ0) is 41.8. The number of pyridine rings is 1. The molecule has 0 radical (unpaired) electrons. The van der Waals surface area contributed by atoms with E-state index in [2.05, 4.69) is 80.3 Å². The number of sulfonamides is 1. The van der Waals surface area contributed by atoms with Crippen LogP contribution >= 0.6 is 0 Å². The number of aromatic nitrogens is 2. The van der Waals surface area contributed by atoms with E-state index >= 15 is 0 Å². The van der Waals surface area contributed by atoms with Crippen LogP contribution in [0.4, 0.5) is 17.1 Å². The summed E-state index contributed by atoms with van der Waals surface area (Å²) in [4.78, 5) is 37.0. The van der Waals surface area contributed by atoms with Crippen LogP contribution in [0, 0.1) is 16.0 Å². The number of nitrogens with one attached hydrogen (secondary N) is 3. The molecule has 0 unspecified atom stereocenters. The zero-order valence-corrected chi connectivity index (χ0v) is 34.3. The molecule has 0 saturated carbocycles. The number of nitro benzene ring substituents is 1. The van der Waals surface area contributed by atoms with Crippen LogP contribution in [0.3, 0.4) is 0 Å². The molecule has 0 aliphatic carbocycles. The summed E-state index contributed by atoms with van der Waals surface area (Å²) in [7, 11) is -0.397. The van der Waals surface area contributed by atoms with Crippen LogP contribution in [-0.4, -0.2) is 74.5 Å². The number of fused-ring (bicyclic) bond motifs is 1. The maximum absolute atomic E-state index is 13.9. The Morgan fingerprint density at radius 2 is 1.77 bits per heavy atom. The van der Waals surface area contributed by atoms with Crippen molar-refractivity contribution in [3.63, 3.8) is 0 Å². The van der Waals surface area contributed by atoms with Crippen molar-refractivity contribution < 1.29 is 27.6 Å². The lowest BCUT2D eigenvalue weighted by Crippen LogP contribution is -2.31. The minimum Gasteiger partial charge on any atom is -0.455 e. The molecule has 310 valence electrons. The second-order valence-electron chi connectivity index (χ2n) is 15.5. The van der Waals surface area contributed by atoms with Crippen molar-refractivity contribution >= 4 is 44.0 Å². The summed E-state index contributed by atoms with van der Waals surface area (Å²) >= 11 is 0. The first-order valence-electron chi connectivity index (χ1n) is 20.0. The number of ether oxygens (including phenoxy) is 2. The highest BCUT2D eigenvalue weighted by Gasteiger charge is 2.29. The van der Waals surface area contributed by atoms with Gasteiger partial charge in [0.1, 0.15) is 22.8 Å². The Morgan fingerprint density at radius 1 is 0.983 bits per heavy atom. The Hall–Kier alpha value is -6.29. The number of nitrogens with zero attached hydrogens (tertiary/aromatic N) is 4. The Kier molecular flexibility index (Phi) is 11.8. The number of carbonyl (C=O) groups is 1. The lowest BCUT2D eigenvalue weighted by atomic mass is 9.97. The van der Waals surface area contributed by atoms with E-state index in [1.165, 1.54) is 35.5 Å². The predicted molar refractivity (Wildman–Crippen MR) is 231 cm³/mol. The number of rotatable bonds is 14. The number of H-pyrrole nitrogens is 1. The maximum atomic E-state index is 13.9. The first-order chi connectivity index (χ1) is 29.0. The quantitative estimate of drug-likeness (QED) is 0.0713. The molecule has 2 aliphatic rings. The van der Waals surface area contributed by atoms with Gasteiger partial charge >= 0.3 is 0 Å². The Balaban J connectivity index is 1.06. The highest BCUT2D eigenvalue weighted by Crippen LogP contribution is 2.39. The highest BCUT2D eigenvalue weighted by molar-refractivity contribution is 7.90. The van der Waals surface area contributed by atoms with Crippen molar-refractivity contribution in [3.05, 3.63) is 136 Å². The number of nitro groups is 1. The molecule has 2 aliphatic heterocycles. The average molecular weight is 830 g/mol. The summed E-state index contributed by atoms with van der Waals surface area (Å²) in [6.07, 6.45) is 7.05. The molecule has 2 fully saturated rings. The van der Waals surface area contributed by atoms with Crippen molar-refractivity contribution in [3.8, 4) is 22.6 Å². The molecule has 4 heterocycles. The van der Waals surface area contributed by atoms with Crippen molar-refractivity contribution in [2.75, 3.05) is 50.6 Å². The number of amides is 1. The van der Waals surface area contributed by atoms with Crippen LogP contribution in [0.5, 0.6) is 11.5 Å². The number of hydrogen-bond donors (Lipinski definition) is 3. The van der Waals surface area contributed by atoms with Gasteiger partial charge in [-0.25, -0.2) is 18.1 Å². The van der Waals surface area contributed by atoms with Crippen molar-refractivity contribution in [1.82, 2.24) is 19.6 Å². The largest absolute Gasteiger partial charge is 0.455 e. The molecular weight excluding hydrogens is 783 g/mol. The van der Waals surface area contributed by atoms with E-state index in [9.17, 15) is 23.3 Å². The van der Waals surface area contributed by atoms with Gasteiger partial charge < -0.3 is 29.6 Å². The van der Waals surface area contributed by atoms with Crippen LogP contribution < -0.4 is 19.7 Å². The van der Waals surface area contributed by atoms with Crippen LogP contribution in [0.2, 0.25) is 0 Å². The Morgan fingerprint density at radius 3 is 2.55 bits per heavy atom. The van der Waals surface area contributed by atoms with Gasteiger partial charge in [0.05, 0.1) is 27.6 Å². The molecule has 0 bridgehead atoms. The van der Waals surface area contributed by atoms with Gasteiger partial charge in [-0.15, -0.1) is 0 Å². The van der Waals surface area contributed by atoms with Crippen LogP contribution in [0.15, 0.2) is 114 Å². The Labute approximate surface area is 348 Å². The van der Waals surface area contributed by atoms with Gasteiger partial charge in [-0.3, -0.25) is 14.9 Å². The van der Waals surface area contributed by atoms with E-state index in [1.54, 1.807) is 24.4 Å². The van der Waals surface area contributed by atoms with Gasteiger partial charge in [0.15, 0.2) is 0 Å². The molecule has 8 rings (SSSR count). The molecule has 2 saturated heterocycles. The monoisotopic (exact) mass is 829 g/mol. The van der Waals surface area contributed by atoms with Gasteiger partial charge in [0, 0.05) is 56.2 Å². The lowest BCUT2D eigenvalue weighted by molar-refractivity contribution is -0.384. The van der Waals surface area contributed by atoms with E-state index in [-0.39, 0.29) is 29.0 Å². The van der Waals surface area contributed by atoms with E-state index in [1.807, 2.05) is 18.2 Å².